The minimum Gasteiger partial charge on any atom is -0.488 e. The van der Waals surface area contributed by atoms with Crippen molar-refractivity contribution in [2.75, 3.05) is 59.1 Å². The van der Waals surface area contributed by atoms with Gasteiger partial charge in [0.25, 0.3) is 0 Å². The van der Waals surface area contributed by atoms with Gasteiger partial charge in [0, 0.05) is 39.3 Å². The zero-order valence-electron chi connectivity index (χ0n) is 26.3. The second-order valence-corrected chi connectivity index (χ2v) is 12.3. The van der Waals surface area contributed by atoms with Gasteiger partial charge in [-0.2, -0.15) is 0 Å². The molecule has 2 heterocycles. The van der Waals surface area contributed by atoms with Crippen LogP contribution in [0.5, 0.6) is 0 Å². The number of carboxylic acid groups (broad SMARTS) is 1. The van der Waals surface area contributed by atoms with Gasteiger partial charge in [-0.25, -0.2) is 9.59 Å². The number of carbonyl (C=O) groups excluding carboxylic acids is 1. The first kappa shape index (κ1) is 32.2. The Kier molecular flexibility index (Phi) is 10.7. The van der Waals surface area contributed by atoms with Crippen LogP contribution in [-0.2, 0) is 35.1 Å². The SMILES string of the molecule is Cc1cc(C)c(C2=C(OCc3ccccc3)C3(CCC(OCCN4CCN(CCOCC(=O)O)CC4)CC3)OC2=O)c(C)c1. The van der Waals surface area contributed by atoms with Crippen LogP contribution < -0.4 is 0 Å². The molecule has 2 aliphatic heterocycles. The molecule has 2 fully saturated rings. The normalized spacial score (nSPS) is 22.9. The number of carbonyl (C=O) groups is 2. The first-order valence-corrected chi connectivity index (χ1v) is 15.8. The Labute approximate surface area is 260 Å². The molecule has 1 saturated heterocycles. The summed E-state index contributed by atoms with van der Waals surface area (Å²) in [5.41, 5.74) is 5.05. The van der Waals surface area contributed by atoms with Crippen molar-refractivity contribution in [2.24, 2.45) is 0 Å². The molecule has 1 spiro atoms. The number of hydrogen-bond donors (Lipinski definition) is 1. The van der Waals surface area contributed by atoms with E-state index in [2.05, 4.69) is 42.7 Å². The van der Waals surface area contributed by atoms with E-state index in [1.54, 1.807) is 0 Å². The number of benzene rings is 2. The molecule has 0 bridgehead atoms. The maximum atomic E-state index is 13.6. The molecule has 1 aliphatic carbocycles. The van der Waals surface area contributed by atoms with Crippen LogP contribution in [0.1, 0.15) is 53.5 Å². The number of rotatable bonds is 13. The van der Waals surface area contributed by atoms with Crippen molar-refractivity contribution in [3.05, 3.63) is 76.0 Å². The third-order valence-electron chi connectivity index (χ3n) is 9.03. The molecule has 5 rings (SSSR count). The molecule has 9 heteroatoms. The fourth-order valence-corrected chi connectivity index (χ4v) is 6.81. The highest BCUT2D eigenvalue weighted by molar-refractivity contribution is 6.20. The summed E-state index contributed by atoms with van der Waals surface area (Å²) in [5.74, 6) is -0.557. The molecule has 0 amide bonds. The average molecular weight is 607 g/mol. The Balaban J connectivity index is 1.17. The smallest absolute Gasteiger partial charge is 0.343 e. The maximum Gasteiger partial charge on any atom is 0.343 e. The van der Waals surface area contributed by atoms with Crippen LogP contribution in [0.4, 0.5) is 0 Å². The van der Waals surface area contributed by atoms with Crippen molar-refractivity contribution in [3.8, 4) is 0 Å². The van der Waals surface area contributed by atoms with E-state index >= 15 is 0 Å². The number of hydrogen-bond acceptors (Lipinski definition) is 8. The predicted octanol–water partition coefficient (Wildman–Crippen LogP) is 4.51. The number of carboxylic acids is 1. The number of esters is 1. The van der Waals surface area contributed by atoms with Gasteiger partial charge in [-0.15, -0.1) is 0 Å². The number of aliphatic carboxylic acids is 1. The molecule has 1 saturated carbocycles. The van der Waals surface area contributed by atoms with E-state index in [0.29, 0.717) is 44.0 Å². The predicted molar refractivity (Wildman–Crippen MR) is 167 cm³/mol. The average Bonchev–Trinajstić information content (AvgIpc) is 3.25. The summed E-state index contributed by atoms with van der Waals surface area (Å²) in [4.78, 5) is 28.9. The van der Waals surface area contributed by atoms with Crippen LogP contribution in [-0.4, -0.2) is 97.6 Å². The Morgan fingerprint density at radius 3 is 2.18 bits per heavy atom. The van der Waals surface area contributed by atoms with Crippen LogP contribution in [0.15, 0.2) is 48.2 Å². The zero-order chi connectivity index (χ0) is 31.1. The molecule has 238 valence electrons. The van der Waals surface area contributed by atoms with Gasteiger partial charge in [-0.05, 0) is 68.7 Å². The Morgan fingerprint density at radius 2 is 1.57 bits per heavy atom. The van der Waals surface area contributed by atoms with Gasteiger partial charge in [-0.1, -0.05) is 48.0 Å². The Morgan fingerprint density at radius 1 is 0.955 bits per heavy atom. The standard InChI is InChI=1S/C35H46N2O7/c1-25-21-26(2)31(27(3)22-25)32-33(43-23-28-7-5-4-6-8-28)35(44-34(32)40)11-9-29(10-12-35)42-20-18-37-15-13-36(14-16-37)17-19-41-24-30(38)39/h4-8,21-22,29H,9-20,23-24H2,1-3H3,(H,38,39). The van der Waals surface area contributed by atoms with E-state index in [4.69, 9.17) is 24.1 Å². The summed E-state index contributed by atoms with van der Waals surface area (Å²) >= 11 is 0. The lowest BCUT2D eigenvalue weighted by Gasteiger charge is -2.38. The van der Waals surface area contributed by atoms with Gasteiger partial charge in [0.1, 0.15) is 18.8 Å². The van der Waals surface area contributed by atoms with Crippen LogP contribution in [0.2, 0.25) is 0 Å². The lowest BCUT2D eigenvalue weighted by atomic mass is 9.80. The zero-order valence-corrected chi connectivity index (χ0v) is 26.3. The number of ether oxygens (including phenoxy) is 4. The van der Waals surface area contributed by atoms with Gasteiger partial charge in [0.2, 0.25) is 0 Å². The molecule has 0 aromatic heterocycles. The lowest BCUT2D eigenvalue weighted by Crippen LogP contribution is -2.48. The molecule has 44 heavy (non-hydrogen) atoms. The molecular weight excluding hydrogens is 560 g/mol. The monoisotopic (exact) mass is 606 g/mol. The third-order valence-corrected chi connectivity index (χ3v) is 9.03. The van der Waals surface area contributed by atoms with E-state index in [0.717, 1.165) is 74.4 Å². The van der Waals surface area contributed by atoms with Crippen molar-refractivity contribution in [3.63, 3.8) is 0 Å². The van der Waals surface area contributed by atoms with Gasteiger partial charge >= 0.3 is 11.9 Å². The number of nitrogens with zero attached hydrogens (tertiary/aromatic N) is 2. The number of aryl methyl sites for hydroxylation is 3. The van der Waals surface area contributed by atoms with E-state index in [-0.39, 0.29) is 18.7 Å². The van der Waals surface area contributed by atoms with E-state index < -0.39 is 11.6 Å². The highest BCUT2D eigenvalue weighted by Crippen LogP contribution is 2.48. The van der Waals surface area contributed by atoms with E-state index in [1.165, 1.54) is 5.56 Å². The largest absolute Gasteiger partial charge is 0.488 e. The molecule has 0 atom stereocenters. The highest BCUT2D eigenvalue weighted by atomic mass is 16.6. The van der Waals surface area contributed by atoms with Crippen molar-refractivity contribution in [1.82, 2.24) is 9.80 Å². The van der Waals surface area contributed by atoms with Crippen molar-refractivity contribution >= 4 is 17.5 Å². The number of piperazine rings is 1. The first-order valence-electron chi connectivity index (χ1n) is 15.8. The minimum absolute atomic E-state index is 0.120. The lowest BCUT2D eigenvalue weighted by molar-refractivity contribution is -0.153. The molecule has 3 aliphatic rings. The van der Waals surface area contributed by atoms with E-state index in [9.17, 15) is 9.59 Å². The van der Waals surface area contributed by atoms with Crippen molar-refractivity contribution in [1.29, 1.82) is 0 Å². The fourth-order valence-electron chi connectivity index (χ4n) is 6.81. The molecule has 2 aromatic carbocycles. The molecule has 0 radical (unpaired) electrons. The van der Waals surface area contributed by atoms with Crippen LogP contribution in [0.3, 0.4) is 0 Å². The summed E-state index contributed by atoms with van der Waals surface area (Å²) < 4.78 is 24.3. The molecular formula is C35H46N2O7. The minimum atomic E-state index is -0.933. The summed E-state index contributed by atoms with van der Waals surface area (Å²) in [6, 6.07) is 14.3. The second-order valence-electron chi connectivity index (χ2n) is 12.3. The first-order chi connectivity index (χ1) is 21.2. The molecule has 2 aromatic rings. The molecule has 0 unspecified atom stereocenters. The summed E-state index contributed by atoms with van der Waals surface area (Å²) in [5, 5.41) is 8.69. The maximum absolute atomic E-state index is 13.6. The van der Waals surface area contributed by atoms with E-state index in [1.807, 2.05) is 30.3 Å². The quantitative estimate of drug-likeness (QED) is 0.261. The fraction of sp³-hybridized carbons (Fsp3) is 0.543. The Bertz CT molecular complexity index is 1300. The van der Waals surface area contributed by atoms with Gasteiger partial charge in [0.15, 0.2) is 11.4 Å². The van der Waals surface area contributed by atoms with Crippen LogP contribution >= 0.6 is 0 Å². The summed E-state index contributed by atoms with van der Waals surface area (Å²) in [6.07, 6.45) is 3.06. The summed E-state index contributed by atoms with van der Waals surface area (Å²) in [7, 11) is 0. The van der Waals surface area contributed by atoms with Gasteiger partial charge < -0.3 is 24.1 Å². The third kappa shape index (κ3) is 7.88. The molecule has 9 nitrogen and oxygen atoms in total. The molecule has 1 N–H and O–H groups in total. The summed E-state index contributed by atoms with van der Waals surface area (Å²) in [6.45, 7) is 12.8. The van der Waals surface area contributed by atoms with Crippen molar-refractivity contribution in [2.45, 2.75) is 64.8 Å². The van der Waals surface area contributed by atoms with Crippen LogP contribution in [0.25, 0.3) is 5.57 Å². The Hall–Kier alpha value is -3.24. The second kappa shape index (κ2) is 14.7. The van der Waals surface area contributed by atoms with Crippen molar-refractivity contribution < 1.29 is 33.6 Å². The topological polar surface area (TPSA) is 97.8 Å². The van der Waals surface area contributed by atoms with Crippen LogP contribution in [0, 0.1) is 20.8 Å². The highest BCUT2D eigenvalue weighted by Gasteiger charge is 2.52. The van der Waals surface area contributed by atoms with Gasteiger partial charge in [0.05, 0.1) is 19.3 Å². The van der Waals surface area contributed by atoms with Gasteiger partial charge in [-0.3, -0.25) is 9.80 Å².